The summed E-state index contributed by atoms with van der Waals surface area (Å²) in [6, 6.07) is 15.4. The number of nitrogens with one attached hydrogen (secondary N) is 1. The van der Waals surface area contributed by atoms with Gasteiger partial charge < -0.3 is 15.2 Å². The number of amides is 1. The zero-order valence-electron chi connectivity index (χ0n) is 14.3. The normalized spacial score (nSPS) is 11.8. The van der Waals surface area contributed by atoms with Gasteiger partial charge in [0.1, 0.15) is 5.75 Å². The molecule has 24 heavy (non-hydrogen) atoms. The second kappa shape index (κ2) is 9.08. The predicted octanol–water partition coefficient (Wildman–Crippen LogP) is 3.00. The highest BCUT2D eigenvalue weighted by Crippen LogP contribution is 2.15. The van der Waals surface area contributed by atoms with Crippen LogP contribution in [0.25, 0.3) is 0 Å². The van der Waals surface area contributed by atoms with Crippen molar-refractivity contribution in [3.05, 3.63) is 65.2 Å². The maximum atomic E-state index is 12.3. The zero-order chi connectivity index (χ0) is 17.4. The highest BCUT2D eigenvalue weighted by atomic mass is 16.5. The molecule has 0 aliphatic carbocycles. The molecule has 0 bridgehead atoms. The quantitative estimate of drug-likeness (QED) is 0.783. The van der Waals surface area contributed by atoms with Crippen molar-refractivity contribution < 1.29 is 14.6 Å². The standard InChI is InChI=1S/C20H25NO3/c1-3-19(24-18-6-4-5-15(2)13-18)20(23)21-12-11-16-7-9-17(14-22)10-8-16/h4-10,13,19,22H,3,11-12,14H2,1-2H3,(H,21,23). The lowest BCUT2D eigenvalue weighted by Gasteiger charge is -2.17. The topological polar surface area (TPSA) is 58.6 Å². The fraction of sp³-hybridized carbons (Fsp3) is 0.350. The van der Waals surface area contributed by atoms with Gasteiger partial charge in [-0.3, -0.25) is 4.79 Å². The summed E-state index contributed by atoms with van der Waals surface area (Å²) in [7, 11) is 0. The molecule has 2 rings (SSSR count). The SMILES string of the molecule is CCC(Oc1cccc(C)c1)C(=O)NCCc1ccc(CO)cc1. The van der Waals surface area contributed by atoms with Gasteiger partial charge in [0.2, 0.25) is 0 Å². The Morgan fingerprint density at radius 2 is 1.88 bits per heavy atom. The van der Waals surface area contributed by atoms with Gasteiger partial charge in [-0.1, -0.05) is 43.3 Å². The first-order valence-electron chi connectivity index (χ1n) is 8.32. The lowest BCUT2D eigenvalue weighted by molar-refractivity contribution is -0.128. The Kier molecular flexibility index (Phi) is 6.82. The molecule has 0 radical (unpaired) electrons. The van der Waals surface area contributed by atoms with E-state index in [-0.39, 0.29) is 12.5 Å². The molecular formula is C20H25NO3. The number of ether oxygens (including phenoxy) is 1. The Hall–Kier alpha value is -2.33. The Balaban J connectivity index is 1.82. The second-order valence-electron chi connectivity index (χ2n) is 5.85. The van der Waals surface area contributed by atoms with Crippen LogP contribution in [0.5, 0.6) is 5.75 Å². The summed E-state index contributed by atoms with van der Waals surface area (Å²) in [5.41, 5.74) is 3.12. The summed E-state index contributed by atoms with van der Waals surface area (Å²) < 4.78 is 5.80. The Morgan fingerprint density at radius 3 is 2.50 bits per heavy atom. The van der Waals surface area contributed by atoms with Crippen LogP contribution in [0.2, 0.25) is 0 Å². The first-order valence-corrected chi connectivity index (χ1v) is 8.32. The smallest absolute Gasteiger partial charge is 0.261 e. The van der Waals surface area contributed by atoms with Crippen molar-refractivity contribution in [3.8, 4) is 5.75 Å². The highest BCUT2D eigenvalue weighted by Gasteiger charge is 2.17. The van der Waals surface area contributed by atoms with E-state index in [9.17, 15) is 4.79 Å². The molecule has 0 heterocycles. The number of benzene rings is 2. The van der Waals surface area contributed by atoms with E-state index in [1.807, 2.05) is 62.4 Å². The van der Waals surface area contributed by atoms with Crippen LogP contribution < -0.4 is 10.1 Å². The molecule has 0 saturated heterocycles. The molecule has 2 aromatic carbocycles. The summed E-state index contributed by atoms with van der Waals surface area (Å²) in [5.74, 6) is 0.627. The maximum Gasteiger partial charge on any atom is 0.261 e. The molecule has 0 spiro atoms. The van der Waals surface area contributed by atoms with Crippen molar-refractivity contribution in [2.45, 2.75) is 39.4 Å². The van der Waals surface area contributed by atoms with Gasteiger partial charge >= 0.3 is 0 Å². The Bertz CT molecular complexity index is 652. The summed E-state index contributed by atoms with van der Waals surface area (Å²) in [4.78, 5) is 12.3. The molecule has 128 valence electrons. The summed E-state index contributed by atoms with van der Waals surface area (Å²) in [5, 5.41) is 12.0. The molecule has 0 saturated carbocycles. The number of aryl methyl sites for hydroxylation is 1. The largest absolute Gasteiger partial charge is 0.481 e. The number of hydrogen-bond donors (Lipinski definition) is 2. The number of carbonyl (C=O) groups excluding carboxylic acids is 1. The zero-order valence-corrected chi connectivity index (χ0v) is 14.3. The highest BCUT2D eigenvalue weighted by molar-refractivity contribution is 5.81. The fourth-order valence-electron chi connectivity index (χ4n) is 2.43. The van der Waals surface area contributed by atoms with Crippen LogP contribution in [-0.2, 0) is 17.8 Å². The molecule has 0 aromatic heterocycles. The maximum absolute atomic E-state index is 12.3. The van der Waals surface area contributed by atoms with E-state index in [4.69, 9.17) is 9.84 Å². The van der Waals surface area contributed by atoms with Crippen LogP contribution in [-0.4, -0.2) is 23.7 Å². The molecule has 1 atom stereocenters. The molecule has 1 unspecified atom stereocenters. The minimum Gasteiger partial charge on any atom is -0.481 e. The number of aliphatic hydroxyl groups is 1. The number of carbonyl (C=O) groups is 1. The van der Waals surface area contributed by atoms with E-state index in [1.165, 1.54) is 0 Å². The molecule has 1 amide bonds. The van der Waals surface area contributed by atoms with Gasteiger partial charge in [0.05, 0.1) is 6.61 Å². The van der Waals surface area contributed by atoms with Crippen LogP contribution in [0, 0.1) is 6.92 Å². The third-order valence-electron chi connectivity index (χ3n) is 3.85. The van der Waals surface area contributed by atoms with Gasteiger partial charge in [0.15, 0.2) is 6.10 Å². The molecule has 2 aromatic rings. The minimum atomic E-state index is -0.483. The van der Waals surface area contributed by atoms with E-state index in [1.54, 1.807) is 0 Å². The molecule has 0 aliphatic rings. The lowest BCUT2D eigenvalue weighted by atomic mass is 10.1. The number of rotatable bonds is 8. The van der Waals surface area contributed by atoms with Crippen molar-refractivity contribution in [2.75, 3.05) is 6.54 Å². The van der Waals surface area contributed by atoms with Crippen LogP contribution in [0.15, 0.2) is 48.5 Å². The molecule has 0 aliphatic heterocycles. The van der Waals surface area contributed by atoms with E-state index in [0.29, 0.717) is 13.0 Å². The second-order valence-corrected chi connectivity index (χ2v) is 5.85. The molecule has 4 heteroatoms. The Labute approximate surface area is 143 Å². The third-order valence-corrected chi connectivity index (χ3v) is 3.85. The first-order chi connectivity index (χ1) is 11.6. The van der Waals surface area contributed by atoms with Crippen LogP contribution >= 0.6 is 0 Å². The summed E-state index contributed by atoms with van der Waals surface area (Å²) in [6.45, 7) is 4.54. The average Bonchev–Trinajstić information content (AvgIpc) is 2.60. The van der Waals surface area contributed by atoms with Crippen LogP contribution in [0.4, 0.5) is 0 Å². The van der Waals surface area contributed by atoms with Crippen LogP contribution in [0.1, 0.15) is 30.0 Å². The first kappa shape index (κ1) is 18.0. The minimum absolute atomic E-state index is 0.0471. The van der Waals surface area contributed by atoms with E-state index < -0.39 is 6.10 Å². The van der Waals surface area contributed by atoms with Gasteiger partial charge in [0, 0.05) is 6.54 Å². The van der Waals surface area contributed by atoms with Crippen molar-refractivity contribution in [1.82, 2.24) is 5.32 Å². The molecule has 0 fully saturated rings. The van der Waals surface area contributed by atoms with Gasteiger partial charge in [-0.15, -0.1) is 0 Å². The number of aliphatic hydroxyl groups excluding tert-OH is 1. The van der Waals surface area contributed by atoms with Crippen molar-refractivity contribution >= 4 is 5.91 Å². The summed E-state index contributed by atoms with van der Waals surface area (Å²) >= 11 is 0. The van der Waals surface area contributed by atoms with Crippen LogP contribution in [0.3, 0.4) is 0 Å². The summed E-state index contributed by atoms with van der Waals surface area (Å²) in [6.07, 6.45) is 0.882. The van der Waals surface area contributed by atoms with E-state index >= 15 is 0 Å². The van der Waals surface area contributed by atoms with Crippen molar-refractivity contribution in [2.24, 2.45) is 0 Å². The Morgan fingerprint density at radius 1 is 1.17 bits per heavy atom. The van der Waals surface area contributed by atoms with E-state index in [2.05, 4.69) is 5.32 Å². The molecule has 4 nitrogen and oxygen atoms in total. The molecule has 2 N–H and O–H groups in total. The number of hydrogen-bond acceptors (Lipinski definition) is 3. The molecular weight excluding hydrogens is 302 g/mol. The predicted molar refractivity (Wildman–Crippen MR) is 95.0 cm³/mol. The van der Waals surface area contributed by atoms with Gasteiger partial charge in [-0.05, 0) is 48.6 Å². The van der Waals surface area contributed by atoms with Crippen molar-refractivity contribution in [1.29, 1.82) is 0 Å². The van der Waals surface area contributed by atoms with Gasteiger partial charge in [-0.25, -0.2) is 0 Å². The van der Waals surface area contributed by atoms with Gasteiger partial charge in [0.25, 0.3) is 5.91 Å². The average molecular weight is 327 g/mol. The van der Waals surface area contributed by atoms with Gasteiger partial charge in [-0.2, -0.15) is 0 Å². The lowest BCUT2D eigenvalue weighted by Crippen LogP contribution is -2.38. The fourth-order valence-corrected chi connectivity index (χ4v) is 2.43. The van der Waals surface area contributed by atoms with Crippen molar-refractivity contribution in [3.63, 3.8) is 0 Å². The third kappa shape index (κ3) is 5.39. The monoisotopic (exact) mass is 327 g/mol. The van der Waals surface area contributed by atoms with E-state index in [0.717, 1.165) is 28.9 Å².